The van der Waals surface area contributed by atoms with E-state index in [-0.39, 0.29) is 0 Å². The van der Waals surface area contributed by atoms with E-state index in [4.69, 9.17) is 0 Å². The molecule has 0 saturated carbocycles. The van der Waals surface area contributed by atoms with Crippen LogP contribution in [0.5, 0.6) is 0 Å². The Bertz CT molecular complexity index is 753. The van der Waals surface area contributed by atoms with Crippen molar-refractivity contribution in [2.45, 2.75) is 6.92 Å². The molecule has 0 bridgehead atoms. The molecule has 3 rings (SSSR count). The molecule has 0 saturated heterocycles. The van der Waals surface area contributed by atoms with E-state index in [9.17, 15) is 4.79 Å². The van der Waals surface area contributed by atoms with Crippen LogP contribution in [0.4, 0.5) is 5.82 Å². The number of nitrogens with one attached hydrogen (secondary N) is 1. The van der Waals surface area contributed by atoms with Crippen LogP contribution < -0.4 is 5.32 Å². The summed E-state index contributed by atoms with van der Waals surface area (Å²) in [6.45, 7) is 1.93. The number of pyridine rings is 1. The Labute approximate surface area is 113 Å². The highest BCUT2D eigenvalue weighted by Gasteiger charge is 2.05. The standard InChI is InChI=1S/C13H10N4OS/c1-8-16-17-13(19-8)9-2-3-10-6-14-12(15-7-18)5-11(10)4-9/h2-7H,1H3,(H,14,15,18). The van der Waals surface area contributed by atoms with Gasteiger partial charge in [0.05, 0.1) is 0 Å². The minimum absolute atomic E-state index is 0.535. The fourth-order valence-electron chi connectivity index (χ4n) is 1.83. The first-order chi connectivity index (χ1) is 9.26. The maximum atomic E-state index is 10.4. The first-order valence-electron chi connectivity index (χ1n) is 5.67. The highest BCUT2D eigenvalue weighted by Crippen LogP contribution is 2.27. The molecule has 0 aliphatic heterocycles. The quantitative estimate of drug-likeness (QED) is 0.743. The molecule has 0 aliphatic rings. The van der Waals surface area contributed by atoms with Crippen LogP contribution in [0, 0.1) is 6.92 Å². The number of nitrogens with zero attached hydrogens (tertiary/aromatic N) is 3. The van der Waals surface area contributed by atoms with Gasteiger partial charge >= 0.3 is 0 Å². The van der Waals surface area contributed by atoms with Crippen LogP contribution in [0.3, 0.4) is 0 Å². The summed E-state index contributed by atoms with van der Waals surface area (Å²) in [6, 6.07) is 7.84. The zero-order chi connectivity index (χ0) is 13.2. The Morgan fingerprint density at radius 1 is 1.21 bits per heavy atom. The Hall–Kier alpha value is -2.34. The Balaban J connectivity index is 2.10. The molecule has 0 aliphatic carbocycles. The smallest absolute Gasteiger partial charge is 0.212 e. The van der Waals surface area contributed by atoms with E-state index in [2.05, 4.69) is 20.5 Å². The topological polar surface area (TPSA) is 67.8 Å². The molecule has 2 heterocycles. The van der Waals surface area contributed by atoms with Crippen molar-refractivity contribution in [2.24, 2.45) is 0 Å². The first-order valence-corrected chi connectivity index (χ1v) is 6.48. The molecule has 19 heavy (non-hydrogen) atoms. The van der Waals surface area contributed by atoms with Gasteiger partial charge in [0.2, 0.25) is 6.41 Å². The number of benzene rings is 1. The second kappa shape index (κ2) is 4.74. The summed E-state index contributed by atoms with van der Waals surface area (Å²) < 4.78 is 0. The summed E-state index contributed by atoms with van der Waals surface area (Å²) in [5.74, 6) is 0.535. The van der Waals surface area contributed by atoms with Crippen LogP contribution >= 0.6 is 11.3 Å². The number of hydrogen-bond donors (Lipinski definition) is 1. The molecule has 0 fully saturated rings. The van der Waals surface area contributed by atoms with Gasteiger partial charge in [0.25, 0.3) is 0 Å². The molecule has 1 aromatic carbocycles. The van der Waals surface area contributed by atoms with Crippen LogP contribution in [-0.2, 0) is 4.79 Å². The van der Waals surface area contributed by atoms with Crippen molar-refractivity contribution in [1.29, 1.82) is 0 Å². The zero-order valence-electron chi connectivity index (χ0n) is 10.1. The minimum atomic E-state index is 0.535. The largest absolute Gasteiger partial charge is 0.313 e. The van der Waals surface area contributed by atoms with Crippen molar-refractivity contribution in [1.82, 2.24) is 15.2 Å². The van der Waals surface area contributed by atoms with Gasteiger partial charge in [-0.25, -0.2) is 4.98 Å². The lowest BCUT2D eigenvalue weighted by Gasteiger charge is -2.03. The molecular weight excluding hydrogens is 260 g/mol. The van der Waals surface area contributed by atoms with E-state index in [1.54, 1.807) is 17.5 Å². The number of carbonyl (C=O) groups is 1. The second-order valence-corrected chi connectivity index (χ2v) is 5.20. The minimum Gasteiger partial charge on any atom is -0.313 e. The maximum Gasteiger partial charge on any atom is 0.212 e. The number of aryl methyl sites for hydroxylation is 1. The lowest BCUT2D eigenvalue weighted by molar-refractivity contribution is -0.105. The highest BCUT2D eigenvalue weighted by atomic mass is 32.1. The molecule has 5 nitrogen and oxygen atoms in total. The summed E-state index contributed by atoms with van der Waals surface area (Å²) >= 11 is 1.55. The molecular formula is C13H10N4OS. The van der Waals surface area contributed by atoms with E-state index in [1.165, 1.54) is 0 Å². The van der Waals surface area contributed by atoms with Gasteiger partial charge in [0.1, 0.15) is 15.8 Å². The van der Waals surface area contributed by atoms with Crippen LogP contribution in [0.15, 0.2) is 30.5 Å². The zero-order valence-corrected chi connectivity index (χ0v) is 10.9. The lowest BCUT2D eigenvalue weighted by atomic mass is 10.1. The molecule has 0 spiro atoms. The van der Waals surface area contributed by atoms with Gasteiger partial charge in [0, 0.05) is 17.1 Å². The van der Waals surface area contributed by atoms with Crippen molar-refractivity contribution in [3.05, 3.63) is 35.5 Å². The van der Waals surface area contributed by atoms with Gasteiger partial charge in [-0.15, -0.1) is 10.2 Å². The van der Waals surface area contributed by atoms with Crippen molar-refractivity contribution in [3.8, 4) is 10.6 Å². The third kappa shape index (κ3) is 2.30. The molecule has 6 heteroatoms. The van der Waals surface area contributed by atoms with E-state index in [0.29, 0.717) is 12.2 Å². The number of rotatable bonds is 3. The molecule has 2 aromatic heterocycles. The predicted octanol–water partition coefficient (Wildman–Crippen LogP) is 2.63. The van der Waals surface area contributed by atoms with Gasteiger partial charge < -0.3 is 5.32 Å². The number of fused-ring (bicyclic) bond motifs is 1. The average molecular weight is 270 g/mol. The number of anilines is 1. The summed E-state index contributed by atoms with van der Waals surface area (Å²) in [5.41, 5.74) is 1.02. The molecule has 1 amide bonds. The SMILES string of the molecule is Cc1nnc(-c2ccc3cnc(NC=O)cc3c2)s1. The second-order valence-electron chi connectivity index (χ2n) is 4.02. The third-order valence-electron chi connectivity index (χ3n) is 2.70. The Morgan fingerprint density at radius 3 is 2.84 bits per heavy atom. The summed E-state index contributed by atoms with van der Waals surface area (Å²) in [7, 11) is 0. The monoisotopic (exact) mass is 270 g/mol. The van der Waals surface area contributed by atoms with Crippen LogP contribution in [0.2, 0.25) is 0 Å². The van der Waals surface area contributed by atoms with Crippen molar-refractivity contribution in [3.63, 3.8) is 0 Å². The fraction of sp³-hybridized carbons (Fsp3) is 0.0769. The Morgan fingerprint density at radius 2 is 2.11 bits per heavy atom. The van der Waals surface area contributed by atoms with Gasteiger partial charge in [-0.05, 0) is 24.4 Å². The highest BCUT2D eigenvalue weighted by molar-refractivity contribution is 7.14. The summed E-state index contributed by atoms with van der Waals surface area (Å²) in [6.07, 6.45) is 2.35. The molecule has 0 radical (unpaired) electrons. The van der Waals surface area contributed by atoms with Gasteiger partial charge in [0.15, 0.2) is 0 Å². The molecule has 1 N–H and O–H groups in total. The van der Waals surface area contributed by atoms with E-state index in [1.807, 2.05) is 31.2 Å². The average Bonchev–Trinajstić information content (AvgIpc) is 2.85. The number of amides is 1. The Kier molecular flexibility index (Phi) is 2.92. The summed E-state index contributed by atoms with van der Waals surface area (Å²) in [4.78, 5) is 14.6. The number of aromatic nitrogens is 3. The fourth-order valence-corrected chi connectivity index (χ4v) is 2.51. The normalized spacial score (nSPS) is 10.6. The van der Waals surface area contributed by atoms with Gasteiger partial charge in [-0.3, -0.25) is 4.79 Å². The lowest BCUT2D eigenvalue weighted by Crippen LogP contribution is -1.96. The van der Waals surface area contributed by atoms with Crippen molar-refractivity contribution >= 4 is 34.3 Å². The molecule has 0 unspecified atom stereocenters. The van der Waals surface area contributed by atoms with E-state index >= 15 is 0 Å². The maximum absolute atomic E-state index is 10.4. The summed E-state index contributed by atoms with van der Waals surface area (Å²) in [5, 5.41) is 14.5. The van der Waals surface area contributed by atoms with E-state index in [0.717, 1.165) is 26.4 Å². The van der Waals surface area contributed by atoms with Crippen LogP contribution in [-0.4, -0.2) is 21.6 Å². The molecule has 94 valence electrons. The van der Waals surface area contributed by atoms with Gasteiger partial charge in [-0.1, -0.05) is 23.5 Å². The van der Waals surface area contributed by atoms with Gasteiger partial charge in [-0.2, -0.15) is 0 Å². The molecule has 0 atom stereocenters. The number of carbonyl (C=O) groups excluding carboxylic acids is 1. The van der Waals surface area contributed by atoms with Crippen LogP contribution in [0.1, 0.15) is 5.01 Å². The molecule has 3 aromatic rings. The predicted molar refractivity (Wildman–Crippen MR) is 75.1 cm³/mol. The van der Waals surface area contributed by atoms with Crippen LogP contribution in [0.25, 0.3) is 21.3 Å². The van der Waals surface area contributed by atoms with Crippen molar-refractivity contribution in [2.75, 3.05) is 5.32 Å². The number of hydrogen-bond acceptors (Lipinski definition) is 5. The first kappa shape index (κ1) is 11.7. The van der Waals surface area contributed by atoms with Crippen molar-refractivity contribution < 1.29 is 4.79 Å². The van der Waals surface area contributed by atoms with E-state index < -0.39 is 0 Å². The third-order valence-corrected chi connectivity index (χ3v) is 3.59.